The highest BCUT2D eigenvalue weighted by Gasteiger charge is 2.35. The van der Waals surface area contributed by atoms with E-state index in [-0.39, 0.29) is 18.8 Å². The molecular weight excluding hydrogens is 390 g/mol. The lowest BCUT2D eigenvalue weighted by molar-refractivity contribution is -0.144. The molecule has 5 heteroatoms. The smallest absolute Gasteiger partial charge is 0.313 e. The second-order valence-corrected chi connectivity index (χ2v) is 7.12. The Labute approximate surface area is 183 Å². The first-order chi connectivity index (χ1) is 15.2. The Morgan fingerprint density at radius 1 is 0.774 bits per heavy atom. The number of ether oxygens (including phenoxy) is 2. The summed E-state index contributed by atoms with van der Waals surface area (Å²) in [5.74, 6) is -0.852. The summed E-state index contributed by atoms with van der Waals surface area (Å²) < 4.78 is 10.0. The van der Waals surface area contributed by atoms with E-state index in [1.165, 1.54) is 7.11 Å². The van der Waals surface area contributed by atoms with Crippen LogP contribution in [0.15, 0.2) is 91.0 Å². The van der Waals surface area contributed by atoms with Crippen LogP contribution in [0.3, 0.4) is 0 Å². The first-order valence-corrected chi connectivity index (χ1v) is 10.2. The van der Waals surface area contributed by atoms with Gasteiger partial charge in [0.1, 0.15) is 13.0 Å². The van der Waals surface area contributed by atoms with E-state index in [0.717, 1.165) is 16.7 Å². The number of methoxy groups -OCH3 is 1. The summed E-state index contributed by atoms with van der Waals surface area (Å²) in [5.41, 5.74) is 2.74. The molecule has 0 amide bonds. The van der Waals surface area contributed by atoms with E-state index >= 15 is 0 Å². The Morgan fingerprint density at radius 2 is 1.23 bits per heavy atom. The van der Waals surface area contributed by atoms with Crippen LogP contribution >= 0.6 is 0 Å². The van der Waals surface area contributed by atoms with Gasteiger partial charge in [0, 0.05) is 6.54 Å². The van der Waals surface area contributed by atoms with Gasteiger partial charge in [0.25, 0.3) is 0 Å². The molecule has 0 aliphatic rings. The Balaban J connectivity index is 1.82. The van der Waals surface area contributed by atoms with E-state index in [4.69, 9.17) is 4.74 Å². The molecule has 160 valence electrons. The van der Waals surface area contributed by atoms with Crippen molar-refractivity contribution in [2.75, 3.05) is 26.9 Å². The molecular formula is C26H27NO4. The Morgan fingerprint density at radius 3 is 1.65 bits per heavy atom. The maximum absolute atomic E-state index is 11.8. The minimum absolute atomic E-state index is 0.119. The van der Waals surface area contributed by atoms with Crippen LogP contribution in [-0.2, 0) is 24.6 Å². The monoisotopic (exact) mass is 417 g/mol. The zero-order chi connectivity index (χ0) is 21.9. The fourth-order valence-corrected chi connectivity index (χ4v) is 3.65. The van der Waals surface area contributed by atoms with Crippen molar-refractivity contribution >= 4 is 11.8 Å². The molecule has 0 aliphatic carbocycles. The van der Waals surface area contributed by atoms with Gasteiger partial charge in [0.05, 0.1) is 19.3 Å². The second-order valence-electron chi connectivity index (χ2n) is 7.12. The number of hydrogen-bond acceptors (Lipinski definition) is 5. The molecule has 0 saturated heterocycles. The zero-order valence-electron chi connectivity index (χ0n) is 17.6. The summed E-state index contributed by atoms with van der Waals surface area (Å²) >= 11 is 0. The van der Waals surface area contributed by atoms with E-state index in [1.807, 2.05) is 54.6 Å². The van der Waals surface area contributed by atoms with Crippen LogP contribution < -0.4 is 5.32 Å². The van der Waals surface area contributed by atoms with Gasteiger partial charge >= 0.3 is 5.97 Å². The van der Waals surface area contributed by atoms with Gasteiger partial charge in [0.15, 0.2) is 5.78 Å². The normalized spacial score (nSPS) is 11.1. The molecule has 0 atom stereocenters. The fraction of sp³-hybridized carbons (Fsp3) is 0.231. The van der Waals surface area contributed by atoms with Crippen LogP contribution in [-0.4, -0.2) is 38.6 Å². The van der Waals surface area contributed by atoms with Crippen molar-refractivity contribution in [2.24, 2.45) is 0 Å². The molecule has 0 aromatic heterocycles. The number of hydrogen-bond donors (Lipinski definition) is 1. The van der Waals surface area contributed by atoms with Gasteiger partial charge in [-0.05, 0) is 16.7 Å². The molecule has 3 rings (SSSR count). The van der Waals surface area contributed by atoms with Crippen LogP contribution in [0, 0.1) is 0 Å². The van der Waals surface area contributed by atoms with Crippen LogP contribution in [0.25, 0.3) is 0 Å². The van der Waals surface area contributed by atoms with Crippen molar-refractivity contribution in [3.05, 3.63) is 108 Å². The van der Waals surface area contributed by atoms with Gasteiger partial charge < -0.3 is 9.47 Å². The number of carbonyl (C=O) groups is 2. The summed E-state index contributed by atoms with van der Waals surface area (Å²) in [4.78, 5) is 23.0. The highest BCUT2D eigenvalue weighted by atomic mass is 16.5. The third-order valence-electron chi connectivity index (χ3n) is 5.09. The van der Waals surface area contributed by atoms with Crippen LogP contribution in [0.5, 0.6) is 0 Å². The number of benzene rings is 3. The minimum atomic E-state index is -0.580. The first-order valence-electron chi connectivity index (χ1n) is 10.2. The van der Waals surface area contributed by atoms with E-state index in [0.29, 0.717) is 13.2 Å². The molecule has 1 N–H and O–H groups in total. The lowest BCUT2D eigenvalue weighted by Crippen LogP contribution is -2.46. The van der Waals surface area contributed by atoms with E-state index in [2.05, 4.69) is 46.5 Å². The van der Waals surface area contributed by atoms with Gasteiger partial charge in [0.2, 0.25) is 0 Å². The van der Waals surface area contributed by atoms with E-state index in [1.54, 1.807) is 0 Å². The molecule has 0 fully saturated rings. The third-order valence-corrected chi connectivity index (χ3v) is 5.09. The van der Waals surface area contributed by atoms with Crippen molar-refractivity contribution < 1.29 is 19.1 Å². The number of esters is 1. The Hall–Kier alpha value is -3.28. The summed E-state index contributed by atoms with van der Waals surface area (Å²) in [7, 11) is 1.26. The summed E-state index contributed by atoms with van der Waals surface area (Å²) in [6, 6.07) is 30.8. The standard InChI is InChI=1S/C26H27NO4/c1-30-25(29)19-24(28)20-31-18-17-27-26(21-11-5-2-6-12-21,22-13-7-3-8-14-22)23-15-9-4-10-16-23/h2-16,27H,17-20H2,1H3. The van der Waals surface area contributed by atoms with Crippen molar-refractivity contribution in [1.82, 2.24) is 5.32 Å². The highest BCUT2D eigenvalue weighted by Crippen LogP contribution is 2.36. The summed E-state index contributed by atoms with van der Waals surface area (Å²) in [5, 5.41) is 3.68. The number of Topliss-reactive ketones (excluding diaryl/α,β-unsaturated/α-hetero) is 1. The number of rotatable bonds is 11. The van der Waals surface area contributed by atoms with Crippen molar-refractivity contribution in [3.8, 4) is 0 Å². The average Bonchev–Trinajstić information content (AvgIpc) is 2.83. The SMILES string of the molecule is COC(=O)CC(=O)COCCNC(c1ccccc1)(c1ccccc1)c1ccccc1. The van der Waals surface area contributed by atoms with E-state index in [9.17, 15) is 9.59 Å². The molecule has 5 nitrogen and oxygen atoms in total. The molecule has 31 heavy (non-hydrogen) atoms. The van der Waals surface area contributed by atoms with Gasteiger partial charge in [-0.25, -0.2) is 0 Å². The van der Waals surface area contributed by atoms with Gasteiger partial charge in [-0.15, -0.1) is 0 Å². The van der Waals surface area contributed by atoms with Crippen molar-refractivity contribution in [3.63, 3.8) is 0 Å². The van der Waals surface area contributed by atoms with Gasteiger partial charge in [-0.1, -0.05) is 91.0 Å². The Kier molecular flexibility index (Phi) is 8.10. The maximum atomic E-state index is 11.8. The van der Waals surface area contributed by atoms with Crippen LogP contribution in [0.1, 0.15) is 23.1 Å². The molecule has 3 aromatic rings. The lowest BCUT2D eigenvalue weighted by Gasteiger charge is -2.37. The molecule has 0 heterocycles. The van der Waals surface area contributed by atoms with Gasteiger partial charge in [-0.3, -0.25) is 14.9 Å². The highest BCUT2D eigenvalue weighted by molar-refractivity contribution is 5.96. The predicted octanol–water partition coefficient (Wildman–Crippen LogP) is 3.72. The lowest BCUT2D eigenvalue weighted by atomic mass is 9.77. The van der Waals surface area contributed by atoms with Crippen molar-refractivity contribution in [2.45, 2.75) is 12.0 Å². The minimum Gasteiger partial charge on any atom is -0.469 e. The topological polar surface area (TPSA) is 64.6 Å². The van der Waals surface area contributed by atoms with Crippen LogP contribution in [0.2, 0.25) is 0 Å². The van der Waals surface area contributed by atoms with E-state index < -0.39 is 11.5 Å². The second kappa shape index (κ2) is 11.2. The molecule has 0 spiro atoms. The molecule has 0 unspecified atom stereocenters. The maximum Gasteiger partial charge on any atom is 0.313 e. The fourth-order valence-electron chi connectivity index (χ4n) is 3.65. The molecule has 0 bridgehead atoms. The quantitative estimate of drug-likeness (QED) is 0.223. The average molecular weight is 418 g/mol. The molecule has 3 aromatic carbocycles. The van der Waals surface area contributed by atoms with Crippen molar-refractivity contribution in [1.29, 1.82) is 0 Å². The predicted molar refractivity (Wildman–Crippen MR) is 120 cm³/mol. The van der Waals surface area contributed by atoms with Crippen LogP contribution in [0.4, 0.5) is 0 Å². The molecule has 0 radical (unpaired) electrons. The largest absolute Gasteiger partial charge is 0.469 e. The number of nitrogens with one attached hydrogen (secondary N) is 1. The summed E-state index contributed by atoms with van der Waals surface area (Å²) in [6.45, 7) is 0.705. The zero-order valence-corrected chi connectivity index (χ0v) is 17.6. The van der Waals surface area contributed by atoms with Gasteiger partial charge in [-0.2, -0.15) is 0 Å². The Bertz CT molecular complexity index is 862. The third kappa shape index (κ3) is 5.66. The first kappa shape index (κ1) is 22.4. The summed E-state index contributed by atoms with van der Waals surface area (Å²) in [6.07, 6.45) is -0.272. The number of ketones is 1. The molecule has 0 aliphatic heterocycles. The number of carbonyl (C=O) groups excluding carboxylic acids is 2. The molecule has 0 saturated carbocycles.